The molecule has 1 unspecified atom stereocenters. The number of amides is 2. The van der Waals surface area contributed by atoms with Crippen LogP contribution < -0.4 is 10.2 Å². The van der Waals surface area contributed by atoms with Crippen LogP contribution >= 0.6 is 23.4 Å². The van der Waals surface area contributed by atoms with E-state index in [4.69, 9.17) is 11.6 Å². The quantitative estimate of drug-likeness (QED) is 0.375. The average molecular weight is 468 g/mol. The average Bonchev–Trinajstić information content (AvgIpc) is 2.76. The van der Waals surface area contributed by atoms with Gasteiger partial charge in [0, 0.05) is 44.2 Å². The summed E-state index contributed by atoms with van der Waals surface area (Å²) in [6.45, 7) is 9.00. The zero-order chi connectivity index (χ0) is 22.4. The number of carbonyl (C=O) groups excluding carboxylic acids is 2. The van der Waals surface area contributed by atoms with Crippen molar-refractivity contribution < 1.29 is 9.59 Å². The van der Waals surface area contributed by atoms with Gasteiger partial charge in [0.1, 0.15) is 11.0 Å². The predicted octanol–water partition coefficient (Wildman–Crippen LogP) is 3.61. The molecule has 2 heterocycles. The Kier molecular flexibility index (Phi) is 8.84. The lowest BCUT2D eigenvalue weighted by atomic mass is 9.88. The number of rotatable bonds is 7. The molecule has 1 saturated carbocycles. The lowest BCUT2D eigenvalue weighted by Crippen LogP contribution is -2.55. The van der Waals surface area contributed by atoms with Gasteiger partial charge in [0.15, 0.2) is 5.16 Å². The van der Waals surface area contributed by atoms with Gasteiger partial charge in [-0.1, -0.05) is 56.5 Å². The molecule has 2 amide bonds. The summed E-state index contributed by atoms with van der Waals surface area (Å²) < 4.78 is 0. The van der Waals surface area contributed by atoms with Crippen LogP contribution in [0.5, 0.6) is 0 Å². The second-order valence-corrected chi connectivity index (χ2v) is 10.3. The maximum Gasteiger partial charge on any atom is 0.230 e. The number of carbonyl (C=O) groups is 2. The van der Waals surface area contributed by atoms with E-state index < -0.39 is 0 Å². The number of nitrogens with one attached hydrogen (secondary N) is 1. The minimum absolute atomic E-state index is 0.0349. The fourth-order valence-electron chi connectivity index (χ4n) is 4.19. The van der Waals surface area contributed by atoms with E-state index in [1.807, 2.05) is 4.90 Å². The van der Waals surface area contributed by atoms with E-state index in [0.717, 1.165) is 25.2 Å². The zero-order valence-corrected chi connectivity index (χ0v) is 20.3. The second kappa shape index (κ2) is 11.4. The number of nitrogens with zero attached hydrogens (tertiary/aromatic N) is 4. The van der Waals surface area contributed by atoms with E-state index in [-0.39, 0.29) is 23.6 Å². The standard InChI is InChI=1S/C22H34ClN5O2S/c1-15(2)12-24-20(29)14-31-22-25-18(23)11-19(26-22)27-9-10-28(16(3)13-27)21(30)17-7-5-4-6-8-17/h11,15-17H,4-10,12-14H2,1-3H3,(H,24,29). The van der Waals surface area contributed by atoms with Gasteiger partial charge in [-0.15, -0.1) is 0 Å². The van der Waals surface area contributed by atoms with Gasteiger partial charge in [-0.3, -0.25) is 9.59 Å². The smallest absolute Gasteiger partial charge is 0.230 e. The van der Waals surface area contributed by atoms with Gasteiger partial charge in [-0.05, 0) is 25.7 Å². The first-order valence-corrected chi connectivity index (χ1v) is 12.7. The van der Waals surface area contributed by atoms with Crippen molar-refractivity contribution >= 4 is 41.0 Å². The van der Waals surface area contributed by atoms with Gasteiger partial charge < -0.3 is 15.1 Å². The summed E-state index contributed by atoms with van der Waals surface area (Å²) in [5, 5.41) is 3.76. The van der Waals surface area contributed by atoms with Crippen LogP contribution in [0.1, 0.15) is 52.9 Å². The van der Waals surface area contributed by atoms with Crippen LogP contribution in [-0.4, -0.2) is 64.7 Å². The molecule has 1 aromatic heterocycles. The molecule has 1 saturated heterocycles. The molecule has 1 atom stereocenters. The molecule has 2 fully saturated rings. The summed E-state index contributed by atoms with van der Waals surface area (Å²) in [6.07, 6.45) is 5.64. The van der Waals surface area contributed by atoms with E-state index >= 15 is 0 Å². The molecule has 2 aliphatic rings. The highest BCUT2D eigenvalue weighted by molar-refractivity contribution is 7.99. The molecule has 31 heavy (non-hydrogen) atoms. The van der Waals surface area contributed by atoms with Crippen LogP contribution in [0.3, 0.4) is 0 Å². The molecule has 0 bridgehead atoms. The van der Waals surface area contributed by atoms with Crippen molar-refractivity contribution in [3.63, 3.8) is 0 Å². The lowest BCUT2D eigenvalue weighted by Gasteiger charge is -2.42. The van der Waals surface area contributed by atoms with Crippen molar-refractivity contribution in [2.45, 2.75) is 64.1 Å². The molecule has 172 valence electrons. The normalized spacial score (nSPS) is 20.2. The van der Waals surface area contributed by atoms with Gasteiger partial charge in [-0.25, -0.2) is 9.97 Å². The monoisotopic (exact) mass is 467 g/mol. The highest BCUT2D eigenvalue weighted by Crippen LogP contribution is 2.28. The van der Waals surface area contributed by atoms with E-state index in [9.17, 15) is 9.59 Å². The molecule has 7 nitrogen and oxygen atoms in total. The Morgan fingerprint density at radius 1 is 1.23 bits per heavy atom. The fourth-order valence-corrected chi connectivity index (χ4v) is 5.10. The second-order valence-electron chi connectivity index (χ2n) is 8.98. The minimum atomic E-state index is -0.0349. The first-order valence-electron chi connectivity index (χ1n) is 11.3. The Labute approximate surface area is 194 Å². The first kappa shape index (κ1) is 24.1. The number of halogens is 1. The lowest BCUT2D eigenvalue weighted by molar-refractivity contribution is -0.139. The molecule has 1 N–H and O–H groups in total. The number of anilines is 1. The first-order chi connectivity index (χ1) is 14.8. The molecular formula is C22H34ClN5O2S. The Hall–Kier alpha value is -1.54. The maximum absolute atomic E-state index is 13.0. The molecule has 1 aliphatic carbocycles. The van der Waals surface area contributed by atoms with E-state index in [1.54, 1.807) is 6.07 Å². The summed E-state index contributed by atoms with van der Waals surface area (Å²) >= 11 is 7.54. The van der Waals surface area contributed by atoms with Crippen molar-refractivity contribution in [3.05, 3.63) is 11.2 Å². The Bertz CT molecular complexity index is 772. The summed E-state index contributed by atoms with van der Waals surface area (Å²) in [5.74, 6) is 1.90. The largest absolute Gasteiger partial charge is 0.355 e. The van der Waals surface area contributed by atoms with Crippen LogP contribution in [0.15, 0.2) is 11.2 Å². The molecule has 0 spiro atoms. The van der Waals surface area contributed by atoms with Crippen molar-refractivity contribution in [1.29, 1.82) is 0 Å². The predicted molar refractivity (Wildman–Crippen MR) is 126 cm³/mol. The molecule has 1 aliphatic heterocycles. The van der Waals surface area contributed by atoms with Gasteiger partial charge in [-0.2, -0.15) is 0 Å². The van der Waals surface area contributed by atoms with Gasteiger partial charge in [0.05, 0.1) is 5.75 Å². The highest BCUT2D eigenvalue weighted by Gasteiger charge is 2.33. The molecular weight excluding hydrogens is 434 g/mol. The van der Waals surface area contributed by atoms with Crippen molar-refractivity contribution in [3.8, 4) is 0 Å². The topological polar surface area (TPSA) is 78.4 Å². The molecule has 0 aromatic carbocycles. The van der Waals surface area contributed by atoms with Crippen molar-refractivity contribution in [2.24, 2.45) is 11.8 Å². The molecule has 0 radical (unpaired) electrons. The molecule has 1 aromatic rings. The number of aromatic nitrogens is 2. The van der Waals surface area contributed by atoms with E-state index in [2.05, 4.69) is 41.0 Å². The number of hydrogen-bond acceptors (Lipinski definition) is 6. The third-order valence-corrected chi connectivity index (χ3v) is 6.93. The van der Waals surface area contributed by atoms with E-state index in [1.165, 1.54) is 31.0 Å². The summed E-state index contributed by atoms with van der Waals surface area (Å²) in [4.78, 5) is 38.1. The van der Waals surface area contributed by atoms with Gasteiger partial charge in [0.2, 0.25) is 11.8 Å². The van der Waals surface area contributed by atoms with Crippen LogP contribution in [-0.2, 0) is 9.59 Å². The van der Waals surface area contributed by atoms with Gasteiger partial charge >= 0.3 is 0 Å². The zero-order valence-electron chi connectivity index (χ0n) is 18.8. The summed E-state index contributed by atoms with van der Waals surface area (Å²) in [7, 11) is 0. The summed E-state index contributed by atoms with van der Waals surface area (Å²) in [5.41, 5.74) is 0. The van der Waals surface area contributed by atoms with Gasteiger partial charge in [0.25, 0.3) is 0 Å². The van der Waals surface area contributed by atoms with Crippen molar-refractivity contribution in [1.82, 2.24) is 20.2 Å². The van der Waals surface area contributed by atoms with Crippen LogP contribution in [0.2, 0.25) is 5.15 Å². The third-order valence-electron chi connectivity index (χ3n) is 5.89. The fraction of sp³-hybridized carbons (Fsp3) is 0.727. The Balaban J connectivity index is 1.58. The maximum atomic E-state index is 13.0. The molecule has 9 heteroatoms. The number of piperazine rings is 1. The van der Waals surface area contributed by atoms with Crippen LogP contribution in [0.4, 0.5) is 5.82 Å². The number of hydrogen-bond donors (Lipinski definition) is 1. The van der Waals surface area contributed by atoms with E-state index in [0.29, 0.717) is 41.8 Å². The Morgan fingerprint density at radius 3 is 2.65 bits per heavy atom. The highest BCUT2D eigenvalue weighted by atomic mass is 35.5. The van der Waals surface area contributed by atoms with Crippen LogP contribution in [0.25, 0.3) is 0 Å². The summed E-state index contributed by atoms with van der Waals surface area (Å²) in [6, 6.07) is 1.88. The minimum Gasteiger partial charge on any atom is -0.355 e. The SMILES string of the molecule is CC(C)CNC(=O)CSc1nc(Cl)cc(N2CCN(C(=O)C3CCCCC3)C(C)C2)n1. The molecule has 3 rings (SSSR count). The van der Waals surface area contributed by atoms with Crippen molar-refractivity contribution in [2.75, 3.05) is 36.8 Å². The Morgan fingerprint density at radius 2 is 1.97 bits per heavy atom. The number of thioether (sulfide) groups is 1. The third kappa shape index (κ3) is 6.97. The van der Waals surface area contributed by atoms with Crippen LogP contribution in [0, 0.1) is 11.8 Å².